The lowest BCUT2D eigenvalue weighted by Crippen LogP contribution is -2.13. The molecule has 90 valence electrons. The third kappa shape index (κ3) is 2.89. The summed E-state index contributed by atoms with van der Waals surface area (Å²) in [4.78, 5) is 0. The molecule has 0 aromatic heterocycles. The Bertz CT molecular complexity index is 439. The predicted octanol–water partition coefficient (Wildman–Crippen LogP) is 1.71. The number of anilines is 2. The second kappa shape index (κ2) is 5.07. The molecule has 2 rings (SSSR count). The van der Waals surface area contributed by atoms with Gasteiger partial charge in [0.1, 0.15) is 6.07 Å². The van der Waals surface area contributed by atoms with Gasteiger partial charge in [-0.25, -0.2) is 0 Å². The number of nitriles is 1. The van der Waals surface area contributed by atoms with Crippen LogP contribution in [-0.2, 0) is 0 Å². The quantitative estimate of drug-likeness (QED) is 0.692. The molecule has 2 atom stereocenters. The minimum Gasteiger partial charge on any atom is -0.399 e. The van der Waals surface area contributed by atoms with Crippen molar-refractivity contribution >= 4 is 11.4 Å². The molecule has 4 N–H and O–H groups in total. The van der Waals surface area contributed by atoms with Gasteiger partial charge in [-0.1, -0.05) is 0 Å². The number of hydrogen-bond acceptors (Lipinski definition) is 4. The number of nitrogens with two attached hydrogens (primary N) is 1. The van der Waals surface area contributed by atoms with Crippen LogP contribution in [0, 0.1) is 17.2 Å². The summed E-state index contributed by atoms with van der Waals surface area (Å²) in [6, 6.07) is 7.42. The van der Waals surface area contributed by atoms with Crippen molar-refractivity contribution in [2.24, 2.45) is 5.92 Å². The molecule has 0 radical (unpaired) electrons. The van der Waals surface area contributed by atoms with Crippen LogP contribution in [0.1, 0.15) is 24.8 Å². The molecule has 1 aliphatic carbocycles. The second-order valence-electron chi connectivity index (χ2n) is 4.63. The molecule has 1 saturated carbocycles. The van der Waals surface area contributed by atoms with Crippen molar-refractivity contribution in [3.8, 4) is 6.07 Å². The monoisotopic (exact) mass is 231 g/mol. The zero-order chi connectivity index (χ0) is 12.3. The number of nitrogens with one attached hydrogen (secondary N) is 1. The summed E-state index contributed by atoms with van der Waals surface area (Å²) in [6.07, 6.45) is 2.64. The van der Waals surface area contributed by atoms with E-state index >= 15 is 0 Å². The number of nitrogens with zero attached hydrogens (tertiary/aromatic N) is 1. The molecule has 1 aromatic rings. The number of aliphatic hydroxyl groups excluding tert-OH is 1. The standard InChI is InChI=1S/C13H17N3O/c14-7-10-6-11(15)2-4-13(10)16-8-9-1-3-12(17)5-9/h2,4,6,9,12,16-17H,1,3,5,8,15H2. The van der Waals surface area contributed by atoms with E-state index in [-0.39, 0.29) is 6.10 Å². The average molecular weight is 231 g/mol. The average Bonchev–Trinajstić information content (AvgIpc) is 2.73. The van der Waals surface area contributed by atoms with Crippen LogP contribution in [0.4, 0.5) is 11.4 Å². The molecule has 4 heteroatoms. The Balaban J connectivity index is 1.97. The Kier molecular flexibility index (Phi) is 3.50. The number of benzene rings is 1. The zero-order valence-electron chi connectivity index (χ0n) is 9.69. The molecule has 17 heavy (non-hydrogen) atoms. The molecule has 0 spiro atoms. The summed E-state index contributed by atoms with van der Waals surface area (Å²) >= 11 is 0. The summed E-state index contributed by atoms with van der Waals surface area (Å²) < 4.78 is 0. The van der Waals surface area contributed by atoms with Crippen LogP contribution in [0.2, 0.25) is 0 Å². The Hall–Kier alpha value is -1.73. The highest BCUT2D eigenvalue weighted by Gasteiger charge is 2.22. The number of nitrogen functional groups attached to an aromatic ring is 1. The largest absolute Gasteiger partial charge is 0.399 e. The first kappa shape index (κ1) is 11.7. The Morgan fingerprint density at radius 2 is 2.29 bits per heavy atom. The fraction of sp³-hybridized carbons (Fsp3) is 0.462. The maximum atomic E-state index is 9.44. The zero-order valence-corrected chi connectivity index (χ0v) is 9.69. The second-order valence-corrected chi connectivity index (χ2v) is 4.63. The molecule has 0 aliphatic heterocycles. The predicted molar refractivity (Wildman–Crippen MR) is 67.4 cm³/mol. The van der Waals surface area contributed by atoms with Crippen molar-refractivity contribution in [2.75, 3.05) is 17.6 Å². The van der Waals surface area contributed by atoms with E-state index in [9.17, 15) is 5.11 Å². The number of rotatable bonds is 3. The molecule has 0 amide bonds. The first-order chi connectivity index (χ1) is 8.19. The molecular weight excluding hydrogens is 214 g/mol. The van der Waals surface area contributed by atoms with Crippen molar-refractivity contribution < 1.29 is 5.11 Å². The van der Waals surface area contributed by atoms with Gasteiger partial charge in [-0.05, 0) is 43.4 Å². The maximum Gasteiger partial charge on any atom is 0.101 e. The van der Waals surface area contributed by atoms with Crippen LogP contribution in [0.5, 0.6) is 0 Å². The molecule has 1 fully saturated rings. The van der Waals surface area contributed by atoms with Gasteiger partial charge in [-0.2, -0.15) is 5.26 Å². The van der Waals surface area contributed by atoms with Gasteiger partial charge in [-0.15, -0.1) is 0 Å². The van der Waals surface area contributed by atoms with Gasteiger partial charge in [0.25, 0.3) is 0 Å². The minimum atomic E-state index is -0.149. The first-order valence-corrected chi connectivity index (χ1v) is 5.90. The third-order valence-electron chi connectivity index (χ3n) is 3.26. The van der Waals surface area contributed by atoms with Gasteiger partial charge >= 0.3 is 0 Å². The van der Waals surface area contributed by atoms with Crippen LogP contribution >= 0.6 is 0 Å². The highest BCUT2D eigenvalue weighted by atomic mass is 16.3. The Labute approximate surface area is 101 Å². The summed E-state index contributed by atoms with van der Waals surface area (Å²) in [5.41, 5.74) is 7.62. The van der Waals surface area contributed by atoms with Crippen molar-refractivity contribution in [2.45, 2.75) is 25.4 Å². The van der Waals surface area contributed by atoms with E-state index in [1.54, 1.807) is 12.1 Å². The summed E-state index contributed by atoms with van der Waals surface area (Å²) in [7, 11) is 0. The summed E-state index contributed by atoms with van der Waals surface area (Å²) in [5.74, 6) is 0.495. The first-order valence-electron chi connectivity index (χ1n) is 5.90. The highest BCUT2D eigenvalue weighted by molar-refractivity contribution is 5.62. The Morgan fingerprint density at radius 3 is 2.94 bits per heavy atom. The molecule has 1 aliphatic rings. The Morgan fingerprint density at radius 1 is 1.47 bits per heavy atom. The van der Waals surface area contributed by atoms with E-state index in [0.29, 0.717) is 17.2 Å². The number of aliphatic hydroxyl groups is 1. The number of hydrogen-bond donors (Lipinski definition) is 3. The lowest BCUT2D eigenvalue weighted by atomic mass is 10.1. The minimum absolute atomic E-state index is 0.149. The van der Waals surface area contributed by atoms with Crippen LogP contribution in [0.15, 0.2) is 18.2 Å². The molecular formula is C13H17N3O. The van der Waals surface area contributed by atoms with Crippen molar-refractivity contribution in [1.82, 2.24) is 0 Å². The molecule has 0 heterocycles. The molecule has 4 nitrogen and oxygen atoms in total. The topological polar surface area (TPSA) is 82.1 Å². The molecule has 1 aromatic carbocycles. The van der Waals surface area contributed by atoms with Crippen LogP contribution < -0.4 is 11.1 Å². The van der Waals surface area contributed by atoms with E-state index in [0.717, 1.165) is 31.5 Å². The van der Waals surface area contributed by atoms with E-state index in [2.05, 4.69) is 11.4 Å². The third-order valence-corrected chi connectivity index (χ3v) is 3.26. The van der Waals surface area contributed by atoms with E-state index in [4.69, 9.17) is 11.0 Å². The molecule has 2 unspecified atom stereocenters. The van der Waals surface area contributed by atoms with Crippen LogP contribution in [0.25, 0.3) is 0 Å². The van der Waals surface area contributed by atoms with Gasteiger partial charge in [0, 0.05) is 12.2 Å². The summed E-state index contributed by atoms with van der Waals surface area (Å²) in [5, 5.41) is 21.7. The van der Waals surface area contributed by atoms with Gasteiger partial charge in [0.05, 0.1) is 17.4 Å². The lowest BCUT2D eigenvalue weighted by Gasteiger charge is -2.13. The van der Waals surface area contributed by atoms with Crippen molar-refractivity contribution in [3.63, 3.8) is 0 Å². The van der Waals surface area contributed by atoms with Gasteiger partial charge in [0.2, 0.25) is 0 Å². The SMILES string of the molecule is N#Cc1cc(N)ccc1NCC1CCC(O)C1. The normalized spacial score (nSPS) is 23.3. The molecule has 0 bridgehead atoms. The fourth-order valence-electron chi connectivity index (χ4n) is 2.30. The van der Waals surface area contributed by atoms with E-state index in [1.807, 2.05) is 6.07 Å². The summed E-state index contributed by atoms with van der Waals surface area (Å²) in [6.45, 7) is 0.801. The van der Waals surface area contributed by atoms with Crippen LogP contribution in [-0.4, -0.2) is 17.8 Å². The van der Waals surface area contributed by atoms with E-state index < -0.39 is 0 Å². The van der Waals surface area contributed by atoms with Crippen LogP contribution in [0.3, 0.4) is 0 Å². The van der Waals surface area contributed by atoms with Gasteiger partial charge < -0.3 is 16.2 Å². The van der Waals surface area contributed by atoms with Crippen molar-refractivity contribution in [1.29, 1.82) is 5.26 Å². The fourth-order valence-corrected chi connectivity index (χ4v) is 2.30. The lowest BCUT2D eigenvalue weighted by molar-refractivity contribution is 0.178. The van der Waals surface area contributed by atoms with E-state index in [1.165, 1.54) is 0 Å². The van der Waals surface area contributed by atoms with Crippen molar-refractivity contribution in [3.05, 3.63) is 23.8 Å². The van der Waals surface area contributed by atoms with Gasteiger partial charge in [-0.3, -0.25) is 0 Å². The smallest absolute Gasteiger partial charge is 0.101 e. The highest BCUT2D eigenvalue weighted by Crippen LogP contribution is 2.26. The molecule has 0 saturated heterocycles. The maximum absolute atomic E-state index is 9.44. The van der Waals surface area contributed by atoms with Gasteiger partial charge in [0.15, 0.2) is 0 Å².